The summed E-state index contributed by atoms with van der Waals surface area (Å²) in [6.45, 7) is 5.47. The Labute approximate surface area is 227 Å². The van der Waals surface area contributed by atoms with E-state index in [2.05, 4.69) is 46.6 Å². The van der Waals surface area contributed by atoms with E-state index in [1.807, 2.05) is 41.8 Å². The number of aromatic nitrogens is 3. The molecule has 7 nitrogen and oxygen atoms in total. The molecule has 0 saturated carbocycles. The van der Waals surface area contributed by atoms with Crippen LogP contribution in [0.25, 0.3) is 11.3 Å². The molecule has 2 aromatic carbocycles. The van der Waals surface area contributed by atoms with E-state index in [0.29, 0.717) is 46.9 Å². The lowest BCUT2D eigenvalue weighted by Gasteiger charge is -2.37. The average molecular weight is 528 g/mol. The zero-order valence-electron chi connectivity index (χ0n) is 21.7. The summed E-state index contributed by atoms with van der Waals surface area (Å²) < 4.78 is 1.87. The number of hydrogen-bond acceptors (Lipinski definition) is 4. The highest BCUT2D eigenvalue weighted by atomic mass is 35.5. The van der Waals surface area contributed by atoms with Crippen LogP contribution in [0, 0.1) is 12.8 Å². The number of pyridine rings is 1. The minimum atomic E-state index is -0.300. The molecule has 1 fully saturated rings. The highest BCUT2D eigenvalue weighted by Gasteiger charge is 2.30. The quantitative estimate of drug-likeness (QED) is 0.325. The summed E-state index contributed by atoms with van der Waals surface area (Å²) in [7, 11) is 1.94. The second-order valence-corrected chi connectivity index (χ2v) is 10.3. The van der Waals surface area contributed by atoms with Crippen LogP contribution in [0.3, 0.4) is 0 Å². The number of benzene rings is 2. The Kier molecular flexibility index (Phi) is 7.29. The molecule has 1 saturated heterocycles. The fourth-order valence-electron chi connectivity index (χ4n) is 5.16. The number of halogens is 1. The lowest BCUT2D eigenvalue weighted by atomic mass is 9.81. The highest BCUT2D eigenvalue weighted by molar-refractivity contribution is 6.29. The van der Waals surface area contributed by atoms with Crippen molar-refractivity contribution in [3.05, 3.63) is 100 Å². The summed E-state index contributed by atoms with van der Waals surface area (Å²) in [6, 6.07) is 19.4. The molecule has 1 N–H and O–H groups in total. The predicted molar refractivity (Wildman–Crippen MR) is 149 cm³/mol. The van der Waals surface area contributed by atoms with Gasteiger partial charge < -0.3 is 10.2 Å². The van der Waals surface area contributed by atoms with Gasteiger partial charge in [-0.1, -0.05) is 48.9 Å². The van der Waals surface area contributed by atoms with Gasteiger partial charge in [-0.15, -0.1) is 0 Å². The minimum absolute atomic E-state index is 0.0227. The largest absolute Gasteiger partial charge is 0.338 e. The summed E-state index contributed by atoms with van der Waals surface area (Å²) in [5.41, 5.74) is 5.96. The van der Waals surface area contributed by atoms with Crippen LogP contribution in [-0.4, -0.2) is 44.6 Å². The van der Waals surface area contributed by atoms with Gasteiger partial charge in [-0.3, -0.25) is 14.3 Å². The van der Waals surface area contributed by atoms with Crippen molar-refractivity contribution in [3.8, 4) is 11.3 Å². The lowest BCUT2D eigenvalue weighted by molar-refractivity contribution is 0.0660. The van der Waals surface area contributed by atoms with Gasteiger partial charge in [0.1, 0.15) is 5.15 Å². The third kappa shape index (κ3) is 5.34. The topological polar surface area (TPSA) is 80.1 Å². The molecule has 0 radical (unpaired) electrons. The minimum Gasteiger partial charge on any atom is -0.338 e. The van der Waals surface area contributed by atoms with Crippen molar-refractivity contribution in [1.82, 2.24) is 19.7 Å². The number of hydrogen-bond donors (Lipinski definition) is 1. The van der Waals surface area contributed by atoms with Crippen molar-refractivity contribution in [3.63, 3.8) is 0 Å². The SMILES string of the molecule is Cc1ccc(C(=O)N2CC[C@H](c3ccc(-c4ccnn4C)cc3)[C@H](C)C2)cc1NC(=O)c1ccc(Cl)nc1. The first-order chi connectivity index (χ1) is 18.3. The average Bonchev–Trinajstić information content (AvgIpc) is 3.35. The lowest BCUT2D eigenvalue weighted by Crippen LogP contribution is -2.42. The maximum atomic E-state index is 13.4. The van der Waals surface area contributed by atoms with E-state index < -0.39 is 0 Å². The van der Waals surface area contributed by atoms with Crippen molar-refractivity contribution in [2.75, 3.05) is 18.4 Å². The third-order valence-corrected chi connectivity index (χ3v) is 7.59. The fourth-order valence-corrected chi connectivity index (χ4v) is 5.27. The molecule has 2 atom stereocenters. The normalized spacial score (nSPS) is 17.3. The van der Waals surface area contributed by atoms with E-state index in [9.17, 15) is 9.59 Å². The molecule has 0 unspecified atom stereocenters. The second-order valence-electron chi connectivity index (χ2n) is 9.94. The van der Waals surface area contributed by atoms with Crippen LogP contribution in [0.15, 0.2) is 73.1 Å². The number of rotatable bonds is 5. The molecule has 38 heavy (non-hydrogen) atoms. The first-order valence-corrected chi connectivity index (χ1v) is 13.1. The van der Waals surface area contributed by atoms with E-state index >= 15 is 0 Å². The van der Waals surface area contributed by atoms with Crippen LogP contribution >= 0.6 is 11.6 Å². The number of nitrogens with one attached hydrogen (secondary N) is 1. The number of nitrogens with zero attached hydrogens (tertiary/aromatic N) is 4. The molecule has 8 heteroatoms. The maximum Gasteiger partial charge on any atom is 0.257 e. The van der Waals surface area contributed by atoms with Crippen molar-refractivity contribution in [2.24, 2.45) is 13.0 Å². The molecular weight excluding hydrogens is 498 g/mol. The smallest absolute Gasteiger partial charge is 0.257 e. The number of piperidine rings is 1. The molecule has 3 heterocycles. The molecule has 1 aliphatic heterocycles. The molecule has 5 rings (SSSR count). The van der Waals surface area contributed by atoms with Gasteiger partial charge >= 0.3 is 0 Å². The van der Waals surface area contributed by atoms with Crippen LogP contribution in [0.2, 0.25) is 5.15 Å². The van der Waals surface area contributed by atoms with Crippen molar-refractivity contribution >= 4 is 29.1 Å². The number of amides is 2. The monoisotopic (exact) mass is 527 g/mol. The number of carbonyl (C=O) groups is 2. The van der Waals surface area contributed by atoms with Crippen LogP contribution in [0.5, 0.6) is 0 Å². The van der Waals surface area contributed by atoms with E-state index in [1.54, 1.807) is 24.4 Å². The Hall–Kier alpha value is -3.97. The molecule has 2 amide bonds. The van der Waals surface area contributed by atoms with E-state index in [0.717, 1.165) is 23.2 Å². The standard InChI is InChI=1S/C30H30ClN5O2/c1-19-4-5-23(16-26(19)34-29(37)24-10-11-28(31)32-17-24)30(38)36-15-13-25(20(2)18-36)21-6-8-22(9-7-21)27-12-14-33-35(27)3/h4-12,14,16-17,20,25H,13,15,18H2,1-3H3,(H,34,37)/t20-,25+/m1/s1. The van der Waals surface area contributed by atoms with Gasteiger partial charge in [0.2, 0.25) is 0 Å². The molecular formula is C30H30ClN5O2. The van der Waals surface area contributed by atoms with Gasteiger partial charge in [0.25, 0.3) is 11.8 Å². The van der Waals surface area contributed by atoms with Crippen LogP contribution < -0.4 is 5.32 Å². The Balaban J connectivity index is 1.25. The fraction of sp³-hybridized carbons (Fsp3) is 0.267. The van der Waals surface area contributed by atoms with E-state index in [-0.39, 0.29) is 11.8 Å². The zero-order chi connectivity index (χ0) is 26.8. The predicted octanol–water partition coefficient (Wildman–Crippen LogP) is 5.96. The van der Waals surface area contributed by atoms with Crippen molar-refractivity contribution < 1.29 is 9.59 Å². The third-order valence-electron chi connectivity index (χ3n) is 7.37. The van der Waals surface area contributed by atoms with Gasteiger partial charge in [-0.25, -0.2) is 4.98 Å². The van der Waals surface area contributed by atoms with Gasteiger partial charge in [-0.05, 0) is 72.2 Å². The number of aryl methyl sites for hydroxylation is 2. The van der Waals surface area contributed by atoms with Gasteiger partial charge in [-0.2, -0.15) is 5.10 Å². The Morgan fingerprint density at radius 3 is 2.45 bits per heavy atom. The Morgan fingerprint density at radius 1 is 1.03 bits per heavy atom. The Bertz CT molecular complexity index is 1460. The second kappa shape index (κ2) is 10.8. The van der Waals surface area contributed by atoms with Crippen LogP contribution in [0.1, 0.15) is 51.1 Å². The van der Waals surface area contributed by atoms with Gasteiger partial charge in [0.05, 0.1) is 11.3 Å². The van der Waals surface area contributed by atoms with Gasteiger partial charge in [0, 0.05) is 43.8 Å². The Morgan fingerprint density at radius 2 is 1.79 bits per heavy atom. The summed E-state index contributed by atoms with van der Waals surface area (Å²) in [6.07, 6.45) is 4.14. The summed E-state index contributed by atoms with van der Waals surface area (Å²) >= 11 is 5.83. The molecule has 4 aromatic rings. The van der Waals surface area contributed by atoms with E-state index in [4.69, 9.17) is 11.6 Å². The summed E-state index contributed by atoms with van der Waals surface area (Å²) in [4.78, 5) is 32.0. The van der Waals surface area contributed by atoms with Crippen molar-refractivity contribution in [2.45, 2.75) is 26.2 Å². The van der Waals surface area contributed by atoms with Crippen molar-refractivity contribution in [1.29, 1.82) is 0 Å². The summed E-state index contributed by atoms with van der Waals surface area (Å²) in [5.74, 6) is 0.383. The zero-order valence-corrected chi connectivity index (χ0v) is 22.4. The summed E-state index contributed by atoms with van der Waals surface area (Å²) in [5, 5.41) is 7.49. The maximum absolute atomic E-state index is 13.4. The first-order valence-electron chi connectivity index (χ1n) is 12.7. The van der Waals surface area contributed by atoms with E-state index in [1.165, 1.54) is 11.8 Å². The molecule has 1 aliphatic rings. The first kappa shape index (κ1) is 25.7. The van der Waals surface area contributed by atoms with Crippen LogP contribution in [0.4, 0.5) is 5.69 Å². The number of carbonyl (C=O) groups excluding carboxylic acids is 2. The molecule has 194 valence electrons. The van der Waals surface area contributed by atoms with Crippen LogP contribution in [-0.2, 0) is 7.05 Å². The molecule has 2 aromatic heterocycles. The molecule has 0 bridgehead atoms. The van der Waals surface area contributed by atoms with Gasteiger partial charge in [0.15, 0.2) is 0 Å². The molecule has 0 aliphatic carbocycles. The molecule has 0 spiro atoms. The number of likely N-dealkylation sites (tertiary alicyclic amines) is 1. The number of anilines is 1. The highest BCUT2D eigenvalue weighted by Crippen LogP contribution is 2.34.